The summed E-state index contributed by atoms with van der Waals surface area (Å²) >= 11 is 0.723. The summed E-state index contributed by atoms with van der Waals surface area (Å²) < 4.78 is 16.0. The first-order valence-electron chi connectivity index (χ1n) is 7.94. The molecule has 0 unspecified atom stereocenters. The molecule has 1 aromatic carbocycles. The number of aromatic nitrogens is 2. The van der Waals surface area contributed by atoms with Crippen LogP contribution < -0.4 is 9.47 Å². The molecule has 0 fully saturated rings. The minimum Gasteiger partial charge on any atom is -0.493 e. The van der Waals surface area contributed by atoms with Gasteiger partial charge in [0.1, 0.15) is 11.5 Å². The van der Waals surface area contributed by atoms with E-state index in [9.17, 15) is 20.0 Å². The maximum Gasteiger partial charge on any atom is 0.342 e. The van der Waals surface area contributed by atoms with E-state index in [2.05, 4.69) is 16.8 Å². The van der Waals surface area contributed by atoms with Gasteiger partial charge < -0.3 is 19.0 Å². The van der Waals surface area contributed by atoms with E-state index in [1.807, 2.05) is 6.92 Å². The van der Waals surface area contributed by atoms with Gasteiger partial charge >= 0.3 is 5.97 Å². The molecule has 0 atom stereocenters. The molecule has 0 aliphatic heterocycles. The Kier molecular flexibility index (Phi) is 7.15. The molecule has 2 rings (SSSR count). The van der Waals surface area contributed by atoms with E-state index >= 15 is 0 Å². The van der Waals surface area contributed by atoms with E-state index in [1.54, 1.807) is 0 Å². The number of carboxylic acids is 1. The van der Waals surface area contributed by atoms with Crippen LogP contribution in [0.3, 0.4) is 0 Å². The summed E-state index contributed by atoms with van der Waals surface area (Å²) in [7, 11) is 1.32. The third-order valence-electron chi connectivity index (χ3n) is 3.29. The number of rotatable bonds is 10. The molecule has 1 heterocycles. The molecular weight excluding hydrogens is 390 g/mol. The summed E-state index contributed by atoms with van der Waals surface area (Å²) in [5.41, 5.74) is -0.136. The van der Waals surface area contributed by atoms with Crippen molar-refractivity contribution in [2.24, 2.45) is 0 Å². The molecule has 0 amide bonds. The molecule has 10 nitrogen and oxygen atoms in total. The number of hydrogen-bond acceptors (Lipinski definition) is 9. The SMILES string of the molecule is C=CCOc1c(/C=C(/Sc2nnc(CC)o2)C(=O)O)cc([N+](=O)[O-])cc1OC. The van der Waals surface area contributed by atoms with Crippen molar-refractivity contribution in [3.8, 4) is 11.5 Å². The van der Waals surface area contributed by atoms with Crippen LogP contribution in [0, 0.1) is 10.1 Å². The summed E-state index contributed by atoms with van der Waals surface area (Å²) in [6.45, 7) is 5.45. The van der Waals surface area contributed by atoms with Gasteiger partial charge in [0.25, 0.3) is 10.9 Å². The number of carboxylic acid groups (broad SMARTS) is 1. The Bertz CT molecular complexity index is 923. The second kappa shape index (κ2) is 9.55. The number of non-ortho nitro benzene ring substituents is 1. The highest BCUT2D eigenvalue weighted by Gasteiger charge is 2.21. The number of aryl methyl sites for hydroxylation is 1. The topological polar surface area (TPSA) is 138 Å². The molecule has 0 aliphatic rings. The molecule has 11 heteroatoms. The first kappa shape index (κ1) is 21.0. The second-order valence-electron chi connectivity index (χ2n) is 5.15. The van der Waals surface area contributed by atoms with Crippen LogP contribution in [0.15, 0.2) is 39.3 Å². The third-order valence-corrected chi connectivity index (χ3v) is 4.14. The highest BCUT2D eigenvalue weighted by atomic mass is 32.2. The lowest BCUT2D eigenvalue weighted by atomic mass is 10.1. The van der Waals surface area contributed by atoms with E-state index in [0.717, 1.165) is 11.8 Å². The number of nitro benzene ring substituents is 1. The Morgan fingerprint density at radius 2 is 2.21 bits per heavy atom. The van der Waals surface area contributed by atoms with E-state index in [4.69, 9.17) is 13.9 Å². The molecule has 0 saturated heterocycles. The predicted molar refractivity (Wildman–Crippen MR) is 100 cm³/mol. The van der Waals surface area contributed by atoms with Gasteiger partial charge in [-0.1, -0.05) is 19.6 Å². The first-order chi connectivity index (χ1) is 13.4. The zero-order valence-electron chi connectivity index (χ0n) is 15.1. The predicted octanol–water partition coefficient (Wildman–Crippen LogP) is 3.33. The maximum absolute atomic E-state index is 11.7. The van der Waals surface area contributed by atoms with Gasteiger partial charge in [-0.05, 0) is 17.8 Å². The Labute approximate surface area is 164 Å². The molecule has 0 aliphatic carbocycles. The van der Waals surface area contributed by atoms with E-state index in [1.165, 1.54) is 31.4 Å². The van der Waals surface area contributed by atoms with E-state index in [-0.39, 0.29) is 39.5 Å². The molecule has 148 valence electrons. The fourth-order valence-corrected chi connectivity index (χ4v) is 2.74. The van der Waals surface area contributed by atoms with Crippen molar-refractivity contribution in [1.29, 1.82) is 0 Å². The normalized spacial score (nSPS) is 11.1. The van der Waals surface area contributed by atoms with Gasteiger partial charge in [0.2, 0.25) is 5.89 Å². The molecule has 1 aromatic heterocycles. The molecule has 0 saturated carbocycles. The van der Waals surface area contributed by atoms with Gasteiger partial charge in [0.15, 0.2) is 11.5 Å². The van der Waals surface area contributed by atoms with Crippen molar-refractivity contribution in [3.05, 3.63) is 51.3 Å². The number of hydrogen-bond donors (Lipinski definition) is 1. The van der Waals surface area contributed by atoms with Crippen molar-refractivity contribution in [1.82, 2.24) is 10.2 Å². The number of methoxy groups -OCH3 is 1. The van der Waals surface area contributed by atoms with Crippen LogP contribution in [0.4, 0.5) is 5.69 Å². The number of benzene rings is 1. The quantitative estimate of drug-likeness (QED) is 0.205. The zero-order chi connectivity index (χ0) is 20.7. The first-order valence-corrected chi connectivity index (χ1v) is 8.76. The molecule has 0 radical (unpaired) electrons. The number of aliphatic carboxylic acids is 1. The van der Waals surface area contributed by atoms with Crippen molar-refractivity contribution in [3.63, 3.8) is 0 Å². The molecule has 2 aromatic rings. The summed E-state index contributed by atoms with van der Waals surface area (Å²) in [5, 5.41) is 28.3. The molecule has 0 spiro atoms. The average molecular weight is 407 g/mol. The van der Waals surface area contributed by atoms with Gasteiger partial charge in [0.05, 0.1) is 18.1 Å². The molecule has 0 bridgehead atoms. The standard InChI is InChI=1S/C17H17N3O7S/c1-4-6-26-15-10(7-11(20(23)24)9-12(15)25-3)8-13(16(21)22)28-17-19-18-14(5-2)27-17/h4,7-9H,1,5-6H2,2-3H3,(H,21,22)/b13-8+. The molecule has 28 heavy (non-hydrogen) atoms. The number of ether oxygens (including phenoxy) is 2. The highest BCUT2D eigenvalue weighted by Crippen LogP contribution is 2.38. The summed E-state index contributed by atoms with van der Waals surface area (Å²) in [6, 6.07) is 2.38. The highest BCUT2D eigenvalue weighted by molar-refractivity contribution is 8.03. The van der Waals surface area contributed by atoms with Crippen LogP contribution in [0.25, 0.3) is 6.08 Å². The van der Waals surface area contributed by atoms with Crippen LogP contribution in [0.5, 0.6) is 11.5 Å². The van der Waals surface area contributed by atoms with Crippen LogP contribution >= 0.6 is 11.8 Å². The van der Waals surface area contributed by atoms with Gasteiger partial charge in [-0.3, -0.25) is 10.1 Å². The van der Waals surface area contributed by atoms with Crippen LogP contribution in [-0.2, 0) is 11.2 Å². The van der Waals surface area contributed by atoms with Crippen LogP contribution in [-0.4, -0.2) is 39.9 Å². The summed E-state index contributed by atoms with van der Waals surface area (Å²) in [5.74, 6) is -0.684. The Hall–Kier alpha value is -3.34. The fraction of sp³-hybridized carbons (Fsp3) is 0.235. The average Bonchev–Trinajstić information content (AvgIpc) is 3.13. The van der Waals surface area contributed by atoms with Crippen LogP contribution in [0.2, 0.25) is 0 Å². The number of thioether (sulfide) groups is 1. The van der Waals surface area contributed by atoms with Crippen molar-refractivity contribution in [2.45, 2.75) is 18.6 Å². The Morgan fingerprint density at radius 1 is 1.46 bits per heavy atom. The van der Waals surface area contributed by atoms with Crippen molar-refractivity contribution >= 4 is 29.5 Å². The van der Waals surface area contributed by atoms with Gasteiger partial charge in [-0.2, -0.15) is 0 Å². The van der Waals surface area contributed by atoms with Gasteiger partial charge in [-0.15, -0.1) is 10.2 Å². The van der Waals surface area contributed by atoms with Crippen LogP contribution in [0.1, 0.15) is 18.4 Å². The van der Waals surface area contributed by atoms with Gasteiger partial charge in [0, 0.05) is 18.1 Å². The minimum atomic E-state index is -1.28. The zero-order valence-corrected chi connectivity index (χ0v) is 15.9. The lowest BCUT2D eigenvalue weighted by Crippen LogP contribution is -2.02. The maximum atomic E-state index is 11.7. The fourth-order valence-electron chi connectivity index (χ4n) is 2.06. The molecule has 1 N–H and O–H groups in total. The summed E-state index contributed by atoms with van der Waals surface area (Å²) in [6.07, 6.45) is 3.20. The van der Waals surface area contributed by atoms with Crippen molar-refractivity contribution < 1.29 is 28.7 Å². The minimum absolute atomic E-state index is 0.0384. The number of nitrogens with zero attached hydrogens (tertiary/aromatic N) is 3. The lowest BCUT2D eigenvalue weighted by molar-refractivity contribution is -0.385. The van der Waals surface area contributed by atoms with E-state index < -0.39 is 10.9 Å². The Morgan fingerprint density at radius 3 is 2.75 bits per heavy atom. The summed E-state index contributed by atoms with van der Waals surface area (Å²) in [4.78, 5) is 22.1. The van der Waals surface area contributed by atoms with Gasteiger partial charge in [-0.25, -0.2) is 4.79 Å². The number of nitro groups is 1. The number of carbonyl (C=O) groups is 1. The van der Waals surface area contributed by atoms with Crippen molar-refractivity contribution in [2.75, 3.05) is 13.7 Å². The third kappa shape index (κ3) is 5.10. The molecular formula is C17H17N3O7S. The smallest absolute Gasteiger partial charge is 0.342 e. The second-order valence-corrected chi connectivity index (χ2v) is 6.15. The largest absolute Gasteiger partial charge is 0.493 e. The monoisotopic (exact) mass is 407 g/mol. The lowest BCUT2D eigenvalue weighted by Gasteiger charge is -2.13. The van der Waals surface area contributed by atoms with E-state index in [0.29, 0.717) is 12.3 Å². The Balaban J connectivity index is 2.55.